The van der Waals surface area contributed by atoms with E-state index in [9.17, 15) is 4.39 Å². The van der Waals surface area contributed by atoms with Crippen LogP contribution in [-0.4, -0.2) is 4.98 Å². The highest BCUT2D eigenvalue weighted by Crippen LogP contribution is 2.30. The van der Waals surface area contributed by atoms with Crippen molar-refractivity contribution in [3.63, 3.8) is 0 Å². The van der Waals surface area contributed by atoms with Crippen molar-refractivity contribution in [1.82, 2.24) is 4.98 Å². The van der Waals surface area contributed by atoms with E-state index in [1.54, 1.807) is 18.3 Å². The fraction of sp³-hybridized carbons (Fsp3) is 0.200. The molecule has 1 N–H and O–H groups in total. The third kappa shape index (κ3) is 2.97. The molecule has 0 saturated carbocycles. The van der Waals surface area contributed by atoms with E-state index in [2.05, 4.69) is 26.2 Å². The Morgan fingerprint density at radius 2 is 2.10 bits per heavy atom. The lowest BCUT2D eigenvalue weighted by Crippen LogP contribution is -2.02. The summed E-state index contributed by atoms with van der Waals surface area (Å²) in [6.07, 6.45) is 1.72. The standard InChI is InChI=1S/C15H13BrFN3/c1-9(2)15-13(4-3-5-19-15)20-14-7-10(16)6-12(17)11(14)8-18/h3-7,9,20H,1-2H3. The van der Waals surface area contributed by atoms with E-state index in [-0.39, 0.29) is 11.5 Å². The largest absolute Gasteiger partial charge is 0.353 e. The van der Waals surface area contributed by atoms with Gasteiger partial charge in [0, 0.05) is 10.7 Å². The number of nitriles is 1. The van der Waals surface area contributed by atoms with E-state index in [0.717, 1.165) is 11.4 Å². The summed E-state index contributed by atoms with van der Waals surface area (Å²) in [7, 11) is 0. The molecule has 5 heteroatoms. The molecular formula is C15H13BrFN3. The summed E-state index contributed by atoms with van der Waals surface area (Å²) in [5.74, 6) is -0.333. The lowest BCUT2D eigenvalue weighted by Gasteiger charge is -2.14. The molecule has 0 unspecified atom stereocenters. The summed E-state index contributed by atoms with van der Waals surface area (Å²) in [6.45, 7) is 4.06. The number of hydrogen-bond donors (Lipinski definition) is 1. The second kappa shape index (κ2) is 6.02. The molecular weight excluding hydrogens is 321 g/mol. The van der Waals surface area contributed by atoms with Crippen molar-refractivity contribution in [3.05, 3.63) is 52.0 Å². The predicted octanol–water partition coefficient (Wildman–Crippen LogP) is 4.72. The lowest BCUT2D eigenvalue weighted by molar-refractivity contribution is 0.623. The molecule has 0 bridgehead atoms. The average molecular weight is 334 g/mol. The molecule has 0 aliphatic rings. The van der Waals surface area contributed by atoms with Crippen LogP contribution >= 0.6 is 15.9 Å². The minimum Gasteiger partial charge on any atom is -0.353 e. The van der Waals surface area contributed by atoms with E-state index in [0.29, 0.717) is 10.2 Å². The van der Waals surface area contributed by atoms with Gasteiger partial charge in [-0.25, -0.2) is 4.39 Å². The lowest BCUT2D eigenvalue weighted by atomic mass is 10.1. The van der Waals surface area contributed by atoms with Crippen LogP contribution < -0.4 is 5.32 Å². The first-order valence-corrected chi connectivity index (χ1v) is 6.93. The third-order valence-electron chi connectivity index (χ3n) is 2.82. The molecule has 0 spiro atoms. The van der Waals surface area contributed by atoms with Crippen LogP contribution in [0, 0.1) is 17.1 Å². The number of halogens is 2. The number of hydrogen-bond acceptors (Lipinski definition) is 3. The zero-order chi connectivity index (χ0) is 14.7. The van der Waals surface area contributed by atoms with Crippen molar-refractivity contribution in [1.29, 1.82) is 5.26 Å². The molecule has 0 amide bonds. The molecule has 0 radical (unpaired) electrons. The zero-order valence-corrected chi connectivity index (χ0v) is 12.7. The van der Waals surface area contributed by atoms with Gasteiger partial charge in [0.25, 0.3) is 0 Å². The van der Waals surface area contributed by atoms with Crippen molar-refractivity contribution in [2.75, 3.05) is 5.32 Å². The van der Waals surface area contributed by atoms with Gasteiger partial charge in [-0.2, -0.15) is 5.26 Å². The van der Waals surface area contributed by atoms with Crippen LogP contribution in [0.3, 0.4) is 0 Å². The molecule has 0 fully saturated rings. The Hall–Kier alpha value is -1.93. The zero-order valence-electron chi connectivity index (χ0n) is 11.1. The molecule has 1 aromatic heterocycles. The summed E-state index contributed by atoms with van der Waals surface area (Å²) >= 11 is 3.23. The van der Waals surface area contributed by atoms with Gasteiger partial charge in [-0.1, -0.05) is 29.8 Å². The molecule has 0 atom stereocenters. The molecule has 1 heterocycles. The molecule has 102 valence electrons. The van der Waals surface area contributed by atoms with Crippen LogP contribution in [0.4, 0.5) is 15.8 Å². The second-order valence-electron chi connectivity index (χ2n) is 4.64. The quantitative estimate of drug-likeness (QED) is 0.883. The van der Waals surface area contributed by atoms with E-state index >= 15 is 0 Å². The molecule has 1 aromatic carbocycles. The average Bonchev–Trinajstić information content (AvgIpc) is 2.38. The van der Waals surface area contributed by atoms with Gasteiger partial charge in [-0.15, -0.1) is 0 Å². The van der Waals surface area contributed by atoms with E-state index in [1.807, 2.05) is 26.0 Å². The SMILES string of the molecule is CC(C)c1ncccc1Nc1cc(Br)cc(F)c1C#N. The molecule has 2 aromatic rings. The Kier molecular flexibility index (Phi) is 4.35. The van der Waals surface area contributed by atoms with E-state index in [4.69, 9.17) is 5.26 Å². The van der Waals surface area contributed by atoms with Crippen molar-refractivity contribution in [2.24, 2.45) is 0 Å². The maximum atomic E-state index is 13.8. The Balaban J connectivity index is 2.48. The predicted molar refractivity (Wildman–Crippen MR) is 80.4 cm³/mol. The fourth-order valence-corrected chi connectivity index (χ4v) is 2.34. The highest BCUT2D eigenvalue weighted by Gasteiger charge is 2.13. The third-order valence-corrected chi connectivity index (χ3v) is 3.28. The summed E-state index contributed by atoms with van der Waals surface area (Å²) < 4.78 is 14.3. The molecule has 2 rings (SSSR count). The van der Waals surface area contributed by atoms with E-state index in [1.165, 1.54) is 6.07 Å². The van der Waals surface area contributed by atoms with Gasteiger partial charge in [0.15, 0.2) is 0 Å². The number of nitrogens with zero attached hydrogens (tertiary/aromatic N) is 2. The molecule has 20 heavy (non-hydrogen) atoms. The molecule has 3 nitrogen and oxygen atoms in total. The first-order chi connectivity index (χ1) is 9.52. The highest BCUT2D eigenvalue weighted by atomic mass is 79.9. The van der Waals surface area contributed by atoms with Crippen molar-refractivity contribution in [3.8, 4) is 6.07 Å². The number of anilines is 2. The van der Waals surface area contributed by atoms with E-state index < -0.39 is 5.82 Å². The van der Waals surface area contributed by atoms with Crippen molar-refractivity contribution in [2.45, 2.75) is 19.8 Å². The van der Waals surface area contributed by atoms with Gasteiger partial charge >= 0.3 is 0 Å². The Morgan fingerprint density at radius 1 is 1.35 bits per heavy atom. The molecule has 0 aliphatic heterocycles. The van der Waals surface area contributed by atoms with Gasteiger partial charge in [-0.05, 0) is 30.2 Å². The minimum atomic E-state index is -0.556. The maximum absolute atomic E-state index is 13.8. The smallest absolute Gasteiger partial charge is 0.144 e. The summed E-state index contributed by atoms with van der Waals surface area (Å²) in [6, 6.07) is 8.50. The van der Waals surface area contributed by atoms with Crippen LogP contribution in [0.5, 0.6) is 0 Å². The topological polar surface area (TPSA) is 48.7 Å². The number of rotatable bonds is 3. The first kappa shape index (κ1) is 14.5. The molecule has 0 aliphatic carbocycles. The minimum absolute atomic E-state index is 0.00763. The fourth-order valence-electron chi connectivity index (χ4n) is 1.91. The number of pyridine rings is 1. The van der Waals surface area contributed by atoms with Crippen LogP contribution in [0.1, 0.15) is 31.0 Å². The Bertz CT molecular complexity index is 677. The Morgan fingerprint density at radius 3 is 2.75 bits per heavy atom. The Labute approximate surface area is 125 Å². The highest BCUT2D eigenvalue weighted by molar-refractivity contribution is 9.10. The summed E-state index contributed by atoms with van der Waals surface area (Å²) in [5, 5.41) is 12.2. The second-order valence-corrected chi connectivity index (χ2v) is 5.55. The monoisotopic (exact) mass is 333 g/mol. The summed E-state index contributed by atoms with van der Waals surface area (Å²) in [4.78, 5) is 4.32. The van der Waals surface area contributed by atoms with Crippen LogP contribution in [0.15, 0.2) is 34.9 Å². The van der Waals surface area contributed by atoms with Crippen molar-refractivity contribution < 1.29 is 4.39 Å². The van der Waals surface area contributed by atoms with Crippen LogP contribution in [0.2, 0.25) is 0 Å². The van der Waals surface area contributed by atoms with Crippen LogP contribution in [0.25, 0.3) is 0 Å². The number of aromatic nitrogens is 1. The number of benzene rings is 1. The first-order valence-electron chi connectivity index (χ1n) is 6.14. The normalized spacial score (nSPS) is 10.4. The van der Waals surface area contributed by atoms with Gasteiger partial charge in [0.1, 0.15) is 17.4 Å². The van der Waals surface area contributed by atoms with Crippen molar-refractivity contribution >= 4 is 27.3 Å². The number of nitrogens with one attached hydrogen (secondary N) is 1. The van der Waals surface area contributed by atoms with Gasteiger partial charge < -0.3 is 5.32 Å². The van der Waals surface area contributed by atoms with Gasteiger partial charge in [0.05, 0.1) is 17.1 Å². The molecule has 0 saturated heterocycles. The summed E-state index contributed by atoms with van der Waals surface area (Å²) in [5.41, 5.74) is 2.06. The van der Waals surface area contributed by atoms with Gasteiger partial charge in [0.2, 0.25) is 0 Å². The van der Waals surface area contributed by atoms with Crippen LogP contribution in [-0.2, 0) is 0 Å². The van der Waals surface area contributed by atoms with Gasteiger partial charge in [-0.3, -0.25) is 4.98 Å². The maximum Gasteiger partial charge on any atom is 0.144 e.